The minimum absolute atomic E-state index is 1.00. The number of benzene rings is 1. The van der Waals surface area contributed by atoms with Crippen molar-refractivity contribution in [3.05, 3.63) is 35.4 Å². The van der Waals surface area contributed by atoms with Crippen LogP contribution in [0.25, 0.3) is 0 Å². The van der Waals surface area contributed by atoms with Crippen LogP contribution in [0, 0.1) is 5.92 Å². The van der Waals surface area contributed by atoms with Gasteiger partial charge >= 0.3 is 0 Å². The van der Waals surface area contributed by atoms with E-state index in [1.165, 1.54) is 69.9 Å². The first kappa shape index (κ1) is 15.6. The molecule has 1 fully saturated rings. The summed E-state index contributed by atoms with van der Waals surface area (Å²) in [5, 5.41) is 0. The van der Waals surface area contributed by atoms with Crippen molar-refractivity contribution in [2.45, 2.75) is 57.8 Å². The molecule has 0 bridgehead atoms. The van der Waals surface area contributed by atoms with Crippen LogP contribution in [-0.4, -0.2) is 25.5 Å². The van der Waals surface area contributed by atoms with Gasteiger partial charge in [-0.15, -0.1) is 0 Å². The van der Waals surface area contributed by atoms with Crippen molar-refractivity contribution in [1.29, 1.82) is 0 Å². The van der Waals surface area contributed by atoms with Crippen LogP contribution >= 0.6 is 0 Å². The third kappa shape index (κ3) is 5.66. The lowest BCUT2D eigenvalue weighted by atomic mass is 9.85. The molecular formula is C19H31N. The maximum absolute atomic E-state index is 2.44. The molecule has 0 saturated heterocycles. The summed E-state index contributed by atoms with van der Waals surface area (Å²) in [6.07, 6.45) is 12.5. The van der Waals surface area contributed by atoms with Gasteiger partial charge in [-0.05, 0) is 63.4 Å². The third-order valence-corrected chi connectivity index (χ3v) is 4.63. The van der Waals surface area contributed by atoms with E-state index in [2.05, 4.69) is 43.3 Å². The molecule has 1 saturated carbocycles. The van der Waals surface area contributed by atoms with Gasteiger partial charge in [0.2, 0.25) is 0 Å². The van der Waals surface area contributed by atoms with Crippen LogP contribution in [0.3, 0.4) is 0 Å². The van der Waals surface area contributed by atoms with E-state index in [1.807, 2.05) is 0 Å². The summed E-state index contributed by atoms with van der Waals surface area (Å²) in [7, 11) is 4.31. The highest BCUT2D eigenvalue weighted by Crippen LogP contribution is 2.27. The van der Waals surface area contributed by atoms with Crippen molar-refractivity contribution in [2.24, 2.45) is 5.92 Å². The highest BCUT2D eigenvalue weighted by atomic mass is 15.0. The molecule has 1 aliphatic carbocycles. The molecule has 0 N–H and O–H groups in total. The van der Waals surface area contributed by atoms with Gasteiger partial charge in [-0.25, -0.2) is 0 Å². The van der Waals surface area contributed by atoms with Crippen LogP contribution in [-0.2, 0) is 12.8 Å². The zero-order valence-corrected chi connectivity index (χ0v) is 13.4. The Morgan fingerprint density at radius 1 is 1.00 bits per heavy atom. The summed E-state index contributed by atoms with van der Waals surface area (Å²) in [6, 6.07) is 9.30. The second kappa shape index (κ2) is 8.46. The van der Waals surface area contributed by atoms with Crippen molar-refractivity contribution in [3.8, 4) is 0 Å². The summed E-state index contributed by atoms with van der Waals surface area (Å²) in [5.41, 5.74) is 3.07. The largest absolute Gasteiger partial charge is 0.309 e. The van der Waals surface area contributed by atoms with E-state index in [0.29, 0.717) is 0 Å². The SMILES string of the molecule is CN(C)CCCc1cccc(CCC2CCCCC2)c1. The summed E-state index contributed by atoms with van der Waals surface area (Å²) in [5.74, 6) is 1.00. The monoisotopic (exact) mass is 273 g/mol. The maximum Gasteiger partial charge on any atom is -0.00217 e. The number of rotatable bonds is 7. The van der Waals surface area contributed by atoms with E-state index in [-0.39, 0.29) is 0 Å². The number of aryl methyl sites for hydroxylation is 2. The standard InChI is InChI=1S/C19H31N/c1-20(2)15-7-12-18-10-6-11-19(16-18)14-13-17-8-4-3-5-9-17/h6,10-11,16-17H,3-5,7-9,12-15H2,1-2H3. The topological polar surface area (TPSA) is 3.24 Å². The van der Waals surface area contributed by atoms with E-state index in [1.54, 1.807) is 5.56 Å². The second-order valence-electron chi connectivity index (χ2n) is 6.77. The molecule has 1 aromatic rings. The third-order valence-electron chi connectivity index (χ3n) is 4.63. The fraction of sp³-hybridized carbons (Fsp3) is 0.684. The summed E-state index contributed by atoms with van der Waals surface area (Å²) in [4.78, 5) is 2.27. The first-order valence-electron chi connectivity index (χ1n) is 8.46. The first-order valence-corrected chi connectivity index (χ1v) is 8.46. The molecule has 0 aliphatic heterocycles. The quantitative estimate of drug-likeness (QED) is 0.696. The van der Waals surface area contributed by atoms with Crippen LogP contribution < -0.4 is 0 Å². The Morgan fingerprint density at radius 3 is 2.40 bits per heavy atom. The number of nitrogens with zero attached hydrogens (tertiary/aromatic N) is 1. The van der Waals surface area contributed by atoms with Gasteiger partial charge in [-0.2, -0.15) is 0 Å². The van der Waals surface area contributed by atoms with Crippen LogP contribution in [0.4, 0.5) is 0 Å². The fourth-order valence-electron chi connectivity index (χ4n) is 3.39. The lowest BCUT2D eigenvalue weighted by Gasteiger charge is -2.21. The molecule has 1 nitrogen and oxygen atoms in total. The average Bonchev–Trinajstić information content (AvgIpc) is 2.46. The Kier molecular flexibility index (Phi) is 6.59. The van der Waals surface area contributed by atoms with Gasteiger partial charge in [-0.1, -0.05) is 56.4 Å². The van der Waals surface area contributed by atoms with Gasteiger partial charge < -0.3 is 4.90 Å². The molecule has 20 heavy (non-hydrogen) atoms. The highest BCUT2D eigenvalue weighted by molar-refractivity contribution is 5.23. The molecule has 0 heterocycles. The van der Waals surface area contributed by atoms with Crippen molar-refractivity contribution in [2.75, 3.05) is 20.6 Å². The first-order chi connectivity index (χ1) is 9.74. The lowest BCUT2D eigenvalue weighted by molar-refractivity contribution is 0.339. The number of hydrogen-bond acceptors (Lipinski definition) is 1. The Morgan fingerprint density at radius 2 is 1.70 bits per heavy atom. The van der Waals surface area contributed by atoms with E-state index in [4.69, 9.17) is 0 Å². The molecular weight excluding hydrogens is 242 g/mol. The molecule has 0 amide bonds. The second-order valence-corrected chi connectivity index (χ2v) is 6.77. The molecule has 0 aromatic heterocycles. The van der Waals surface area contributed by atoms with Crippen molar-refractivity contribution in [1.82, 2.24) is 4.90 Å². The van der Waals surface area contributed by atoms with Crippen LogP contribution in [0.1, 0.15) is 56.1 Å². The zero-order chi connectivity index (χ0) is 14.2. The Hall–Kier alpha value is -0.820. The Bertz CT molecular complexity index is 377. The van der Waals surface area contributed by atoms with Crippen LogP contribution in [0.15, 0.2) is 24.3 Å². The summed E-state index contributed by atoms with van der Waals surface area (Å²) in [6.45, 7) is 1.19. The summed E-state index contributed by atoms with van der Waals surface area (Å²) < 4.78 is 0. The van der Waals surface area contributed by atoms with Crippen molar-refractivity contribution < 1.29 is 0 Å². The molecule has 112 valence electrons. The van der Waals surface area contributed by atoms with Crippen molar-refractivity contribution in [3.63, 3.8) is 0 Å². The fourth-order valence-corrected chi connectivity index (χ4v) is 3.39. The molecule has 0 spiro atoms. The summed E-state index contributed by atoms with van der Waals surface area (Å²) >= 11 is 0. The van der Waals surface area contributed by atoms with E-state index >= 15 is 0 Å². The van der Waals surface area contributed by atoms with Gasteiger partial charge in [0, 0.05) is 0 Å². The van der Waals surface area contributed by atoms with E-state index in [0.717, 1.165) is 5.92 Å². The molecule has 2 rings (SSSR count). The lowest BCUT2D eigenvalue weighted by Crippen LogP contribution is -2.13. The van der Waals surface area contributed by atoms with Gasteiger partial charge in [0.05, 0.1) is 0 Å². The molecule has 1 heteroatoms. The van der Waals surface area contributed by atoms with Crippen molar-refractivity contribution >= 4 is 0 Å². The number of hydrogen-bond donors (Lipinski definition) is 0. The maximum atomic E-state index is 2.44. The molecule has 0 unspecified atom stereocenters. The van der Waals surface area contributed by atoms with Gasteiger partial charge in [0.15, 0.2) is 0 Å². The highest BCUT2D eigenvalue weighted by Gasteiger charge is 2.13. The van der Waals surface area contributed by atoms with Gasteiger partial charge in [0.1, 0.15) is 0 Å². The zero-order valence-electron chi connectivity index (χ0n) is 13.4. The predicted molar refractivity (Wildman–Crippen MR) is 88.2 cm³/mol. The van der Waals surface area contributed by atoms with Crippen LogP contribution in [0.2, 0.25) is 0 Å². The van der Waals surface area contributed by atoms with Gasteiger partial charge in [0.25, 0.3) is 0 Å². The van der Waals surface area contributed by atoms with E-state index < -0.39 is 0 Å². The van der Waals surface area contributed by atoms with Gasteiger partial charge in [-0.3, -0.25) is 0 Å². The average molecular weight is 273 g/mol. The molecule has 1 aromatic carbocycles. The normalized spacial score (nSPS) is 16.8. The van der Waals surface area contributed by atoms with E-state index in [9.17, 15) is 0 Å². The molecule has 0 atom stereocenters. The molecule has 1 aliphatic rings. The molecule has 0 radical (unpaired) electrons. The van der Waals surface area contributed by atoms with Crippen LogP contribution in [0.5, 0.6) is 0 Å². The Balaban J connectivity index is 1.76. The predicted octanol–water partition coefficient (Wildman–Crippen LogP) is 4.69. The Labute approximate surface area is 125 Å². The minimum atomic E-state index is 1.00. The smallest absolute Gasteiger partial charge is 0.00217 e. The minimum Gasteiger partial charge on any atom is -0.309 e.